The molecule has 0 unspecified atom stereocenters. The maximum absolute atomic E-state index is 6.78. The van der Waals surface area contributed by atoms with E-state index in [0.717, 1.165) is 11.5 Å². The van der Waals surface area contributed by atoms with Crippen LogP contribution in [0.15, 0.2) is 91.0 Å². The van der Waals surface area contributed by atoms with E-state index in [4.69, 9.17) is 4.74 Å². The molecular formula is C34H27BO. The van der Waals surface area contributed by atoms with Gasteiger partial charge in [-0.2, -0.15) is 0 Å². The van der Waals surface area contributed by atoms with Crippen molar-refractivity contribution in [2.75, 3.05) is 0 Å². The summed E-state index contributed by atoms with van der Waals surface area (Å²) in [5.74, 6) is 2.00. The van der Waals surface area contributed by atoms with Gasteiger partial charge in [0, 0.05) is 0 Å². The quantitative estimate of drug-likeness (QED) is 0.224. The summed E-state index contributed by atoms with van der Waals surface area (Å²) in [5, 5.41) is 0. The van der Waals surface area contributed by atoms with Crippen LogP contribution in [0.2, 0.25) is 0 Å². The lowest BCUT2D eigenvalue weighted by atomic mass is 9.34. The highest BCUT2D eigenvalue weighted by Crippen LogP contribution is 2.42. The van der Waals surface area contributed by atoms with E-state index in [1.807, 2.05) is 0 Å². The minimum atomic E-state index is 0.0760. The monoisotopic (exact) mass is 462 g/mol. The summed E-state index contributed by atoms with van der Waals surface area (Å²) in [7, 11) is 0. The first-order valence-corrected chi connectivity index (χ1v) is 12.7. The molecule has 2 heteroatoms. The number of ether oxygens (including phenoxy) is 1. The van der Waals surface area contributed by atoms with Gasteiger partial charge in [0.15, 0.2) is 0 Å². The first-order chi connectivity index (χ1) is 17.5. The van der Waals surface area contributed by atoms with E-state index in [1.54, 1.807) is 0 Å². The Kier molecular flexibility index (Phi) is 4.57. The highest BCUT2D eigenvalue weighted by atomic mass is 16.5. The van der Waals surface area contributed by atoms with Crippen LogP contribution in [0.25, 0.3) is 33.4 Å². The second kappa shape index (κ2) is 7.73. The fourth-order valence-electron chi connectivity index (χ4n) is 6.20. The molecule has 0 N–H and O–H groups in total. The molecule has 0 aliphatic carbocycles. The molecule has 0 saturated heterocycles. The summed E-state index contributed by atoms with van der Waals surface area (Å²) in [6.45, 7) is 8.86. The Morgan fingerprint density at radius 1 is 0.444 bits per heavy atom. The van der Waals surface area contributed by atoms with Crippen LogP contribution >= 0.6 is 0 Å². The van der Waals surface area contributed by atoms with Gasteiger partial charge in [0.05, 0.1) is 0 Å². The van der Waals surface area contributed by atoms with Crippen molar-refractivity contribution in [3.05, 3.63) is 113 Å². The van der Waals surface area contributed by atoms with Crippen LogP contribution in [0.1, 0.15) is 22.3 Å². The third kappa shape index (κ3) is 2.91. The van der Waals surface area contributed by atoms with Crippen molar-refractivity contribution >= 4 is 23.1 Å². The van der Waals surface area contributed by atoms with Crippen LogP contribution < -0.4 is 21.1 Å². The number of para-hydroxylation sites is 1. The zero-order valence-corrected chi connectivity index (χ0v) is 21.1. The van der Waals surface area contributed by atoms with Crippen LogP contribution in [0.3, 0.4) is 0 Å². The third-order valence-electron chi connectivity index (χ3n) is 8.14. The Bertz CT molecular complexity index is 1700. The molecule has 0 radical (unpaired) electrons. The first kappa shape index (κ1) is 21.3. The van der Waals surface area contributed by atoms with Gasteiger partial charge in [0.2, 0.25) is 0 Å². The van der Waals surface area contributed by atoms with Crippen LogP contribution in [-0.4, -0.2) is 6.71 Å². The lowest BCUT2D eigenvalue weighted by Crippen LogP contribution is -2.56. The summed E-state index contributed by atoms with van der Waals surface area (Å²) in [6, 6.07) is 33.7. The van der Waals surface area contributed by atoms with E-state index >= 15 is 0 Å². The lowest BCUT2D eigenvalue weighted by Gasteiger charge is -2.32. The second-order valence-corrected chi connectivity index (χ2v) is 10.3. The Balaban J connectivity index is 1.74. The largest absolute Gasteiger partial charge is 0.458 e. The van der Waals surface area contributed by atoms with Crippen LogP contribution in [0.4, 0.5) is 0 Å². The van der Waals surface area contributed by atoms with E-state index < -0.39 is 0 Å². The van der Waals surface area contributed by atoms with E-state index in [1.165, 1.54) is 72.0 Å². The molecular weight excluding hydrogens is 435 g/mol. The van der Waals surface area contributed by atoms with Crippen molar-refractivity contribution in [1.29, 1.82) is 0 Å². The van der Waals surface area contributed by atoms with E-state index in [0.29, 0.717) is 0 Å². The molecule has 0 aromatic heterocycles. The molecule has 0 fully saturated rings. The standard InChI is InChI=1S/C34H27BO/c1-20-10-9-15-30-33(20)36-34-21(2)16-17-28-26-13-7-5-11-24(26)25-12-6-8-14-27(25)29-18-22(3)23(4)19-31(29)35(30)32(28)34/h5-19H,1-4H3. The molecule has 0 bridgehead atoms. The summed E-state index contributed by atoms with van der Waals surface area (Å²) >= 11 is 0. The SMILES string of the molecule is Cc1cc2c(cc1C)-c1ccccc1-c1ccccc1-c1ccc(C)c3c1B2c1cccc(C)c1O3. The van der Waals surface area contributed by atoms with Crippen molar-refractivity contribution in [3.63, 3.8) is 0 Å². The predicted octanol–water partition coefficient (Wildman–Crippen LogP) is 6.86. The molecule has 2 aliphatic rings. The maximum Gasteiger partial charge on any atom is 0.252 e. The van der Waals surface area contributed by atoms with Gasteiger partial charge in [0.25, 0.3) is 6.71 Å². The van der Waals surface area contributed by atoms with Gasteiger partial charge in [0.1, 0.15) is 11.5 Å². The molecule has 5 aromatic carbocycles. The highest BCUT2D eigenvalue weighted by Gasteiger charge is 2.39. The molecule has 5 aromatic rings. The topological polar surface area (TPSA) is 9.23 Å². The molecule has 0 amide bonds. The summed E-state index contributed by atoms with van der Waals surface area (Å²) < 4.78 is 6.78. The van der Waals surface area contributed by atoms with Gasteiger partial charge in [-0.1, -0.05) is 96.5 Å². The number of hydrogen-bond donors (Lipinski definition) is 0. The Morgan fingerprint density at radius 2 is 1.03 bits per heavy atom. The fourth-order valence-corrected chi connectivity index (χ4v) is 6.20. The summed E-state index contributed by atoms with van der Waals surface area (Å²) in [5.41, 5.74) is 16.5. The molecule has 2 heterocycles. The smallest absolute Gasteiger partial charge is 0.252 e. The van der Waals surface area contributed by atoms with Crippen molar-refractivity contribution in [2.45, 2.75) is 27.7 Å². The lowest BCUT2D eigenvalue weighted by molar-refractivity contribution is 0.480. The van der Waals surface area contributed by atoms with E-state index in [2.05, 4.69) is 119 Å². The number of hydrogen-bond acceptors (Lipinski definition) is 1. The fraction of sp³-hybridized carbons (Fsp3) is 0.118. The zero-order valence-electron chi connectivity index (χ0n) is 21.1. The molecule has 36 heavy (non-hydrogen) atoms. The molecule has 0 spiro atoms. The predicted molar refractivity (Wildman–Crippen MR) is 153 cm³/mol. The van der Waals surface area contributed by atoms with Crippen LogP contribution in [0, 0.1) is 27.7 Å². The van der Waals surface area contributed by atoms with Crippen molar-refractivity contribution in [2.24, 2.45) is 0 Å². The second-order valence-electron chi connectivity index (χ2n) is 10.3. The first-order valence-electron chi connectivity index (χ1n) is 12.7. The number of aryl methyl sites for hydroxylation is 4. The average molecular weight is 462 g/mol. The minimum Gasteiger partial charge on any atom is -0.458 e. The highest BCUT2D eigenvalue weighted by molar-refractivity contribution is 6.98. The minimum absolute atomic E-state index is 0.0760. The van der Waals surface area contributed by atoms with Gasteiger partial charge < -0.3 is 4.74 Å². The Labute approximate surface area is 213 Å². The van der Waals surface area contributed by atoms with Gasteiger partial charge in [-0.05, 0) is 94.3 Å². The molecule has 172 valence electrons. The Hall–Kier alpha value is -4.04. The zero-order chi connectivity index (χ0) is 24.6. The number of fused-ring (bicyclic) bond motifs is 9. The van der Waals surface area contributed by atoms with Gasteiger partial charge in [-0.15, -0.1) is 0 Å². The maximum atomic E-state index is 6.78. The van der Waals surface area contributed by atoms with Crippen molar-refractivity contribution < 1.29 is 4.74 Å². The van der Waals surface area contributed by atoms with Gasteiger partial charge in [-0.3, -0.25) is 0 Å². The van der Waals surface area contributed by atoms with Gasteiger partial charge >= 0.3 is 0 Å². The summed E-state index contributed by atoms with van der Waals surface area (Å²) in [6.07, 6.45) is 0. The molecule has 1 nitrogen and oxygen atoms in total. The van der Waals surface area contributed by atoms with Crippen molar-refractivity contribution in [3.8, 4) is 44.9 Å². The molecule has 2 aliphatic heterocycles. The average Bonchev–Trinajstić information content (AvgIpc) is 2.93. The molecule has 0 saturated carbocycles. The van der Waals surface area contributed by atoms with Crippen LogP contribution in [-0.2, 0) is 0 Å². The van der Waals surface area contributed by atoms with E-state index in [9.17, 15) is 0 Å². The molecule has 0 atom stereocenters. The number of benzene rings is 5. The van der Waals surface area contributed by atoms with E-state index in [-0.39, 0.29) is 6.71 Å². The van der Waals surface area contributed by atoms with Gasteiger partial charge in [-0.25, -0.2) is 0 Å². The number of rotatable bonds is 0. The Morgan fingerprint density at radius 3 is 1.72 bits per heavy atom. The van der Waals surface area contributed by atoms with Crippen molar-refractivity contribution in [1.82, 2.24) is 0 Å². The normalized spacial score (nSPS) is 12.6. The van der Waals surface area contributed by atoms with Crippen LogP contribution in [0.5, 0.6) is 11.5 Å². The third-order valence-corrected chi connectivity index (χ3v) is 8.14. The molecule has 7 rings (SSSR count). The summed E-state index contributed by atoms with van der Waals surface area (Å²) in [4.78, 5) is 0.